The van der Waals surface area contributed by atoms with E-state index in [0.717, 1.165) is 5.52 Å². The van der Waals surface area contributed by atoms with Crippen molar-refractivity contribution in [2.24, 2.45) is 7.05 Å². The van der Waals surface area contributed by atoms with E-state index in [4.69, 9.17) is 0 Å². The largest absolute Gasteiger partial charge is 0.275 e. The summed E-state index contributed by atoms with van der Waals surface area (Å²) in [7, 11) is 1.96. The molecular weight excluding hydrogens is 244 g/mol. The summed E-state index contributed by atoms with van der Waals surface area (Å²) in [6, 6.07) is 13.3. The minimum absolute atomic E-state index is 0.575. The Morgan fingerprint density at radius 3 is 2.40 bits per heavy atom. The average molecular weight is 264 g/mol. The summed E-state index contributed by atoms with van der Waals surface area (Å²) >= 11 is 0. The van der Waals surface area contributed by atoms with Crippen molar-refractivity contribution < 1.29 is 0 Å². The number of hydrogen-bond acceptors (Lipinski definition) is 1. The van der Waals surface area contributed by atoms with Crippen LogP contribution in [0.3, 0.4) is 0 Å². The van der Waals surface area contributed by atoms with Gasteiger partial charge in [-0.15, -0.1) is 0 Å². The molecule has 0 bridgehead atoms. The van der Waals surface area contributed by atoms with E-state index >= 15 is 0 Å². The van der Waals surface area contributed by atoms with Crippen LogP contribution in [0.5, 0.6) is 0 Å². The Kier molecular flexibility index (Phi) is 3.09. The Morgan fingerprint density at radius 1 is 1.05 bits per heavy atom. The summed E-state index contributed by atoms with van der Waals surface area (Å²) in [6.07, 6.45) is 2.07. The van der Waals surface area contributed by atoms with Crippen LogP contribution in [0.4, 0.5) is 0 Å². The zero-order valence-electron chi connectivity index (χ0n) is 12.5. The van der Waals surface area contributed by atoms with E-state index in [1.165, 1.54) is 27.6 Å². The molecule has 0 unspecified atom stereocenters. The fourth-order valence-electron chi connectivity index (χ4n) is 2.66. The monoisotopic (exact) mass is 264 g/mol. The van der Waals surface area contributed by atoms with Gasteiger partial charge in [-0.2, -0.15) is 5.10 Å². The lowest BCUT2D eigenvalue weighted by atomic mass is 9.95. The number of nitrogens with zero attached hydrogens (tertiary/aromatic N) is 2. The normalized spacial score (nSPS) is 11.4. The molecule has 20 heavy (non-hydrogen) atoms. The zero-order chi connectivity index (χ0) is 14.3. The van der Waals surface area contributed by atoms with Crippen LogP contribution in [-0.4, -0.2) is 9.78 Å². The first kappa shape index (κ1) is 12.9. The average Bonchev–Trinajstić information content (AvgIpc) is 2.77. The standard InChI is InChI=1S/C18H20N2/c1-12(2)14-5-7-15(8-6-14)17-10-16-11-20(4)19-18(16)9-13(17)3/h5-12H,1-4H3. The fourth-order valence-corrected chi connectivity index (χ4v) is 2.66. The molecule has 0 atom stereocenters. The van der Waals surface area contributed by atoms with Gasteiger partial charge >= 0.3 is 0 Å². The third-order valence-electron chi connectivity index (χ3n) is 3.85. The Balaban J connectivity index is 2.10. The number of aryl methyl sites for hydroxylation is 2. The molecular formula is C18H20N2. The first-order valence-corrected chi connectivity index (χ1v) is 7.09. The predicted molar refractivity (Wildman–Crippen MR) is 85.0 cm³/mol. The lowest BCUT2D eigenvalue weighted by Gasteiger charge is -2.09. The van der Waals surface area contributed by atoms with Gasteiger partial charge in [0.1, 0.15) is 0 Å². The molecule has 1 heterocycles. The molecule has 0 aliphatic heterocycles. The molecule has 0 radical (unpaired) electrons. The highest BCUT2D eigenvalue weighted by Gasteiger charge is 2.07. The molecule has 2 aromatic carbocycles. The highest BCUT2D eigenvalue weighted by atomic mass is 15.2. The summed E-state index contributed by atoms with van der Waals surface area (Å²) in [5.74, 6) is 0.575. The van der Waals surface area contributed by atoms with Crippen LogP contribution in [0, 0.1) is 6.92 Å². The minimum atomic E-state index is 0.575. The quantitative estimate of drug-likeness (QED) is 0.657. The number of hydrogen-bond donors (Lipinski definition) is 0. The topological polar surface area (TPSA) is 17.8 Å². The lowest BCUT2D eigenvalue weighted by Crippen LogP contribution is -1.88. The maximum Gasteiger partial charge on any atom is 0.0926 e. The second-order valence-corrected chi connectivity index (χ2v) is 5.81. The molecule has 0 spiro atoms. The van der Waals surface area contributed by atoms with Crippen molar-refractivity contribution in [1.82, 2.24) is 9.78 Å². The molecule has 3 aromatic rings. The second kappa shape index (κ2) is 4.78. The van der Waals surface area contributed by atoms with Gasteiger partial charge in [0.2, 0.25) is 0 Å². The van der Waals surface area contributed by atoms with Crippen molar-refractivity contribution in [3.8, 4) is 11.1 Å². The van der Waals surface area contributed by atoms with Crippen LogP contribution in [-0.2, 0) is 7.05 Å². The molecule has 0 aliphatic rings. The number of aromatic nitrogens is 2. The van der Waals surface area contributed by atoms with Gasteiger partial charge in [0, 0.05) is 18.6 Å². The van der Waals surface area contributed by atoms with Gasteiger partial charge in [0.05, 0.1) is 5.52 Å². The van der Waals surface area contributed by atoms with Crippen molar-refractivity contribution >= 4 is 10.9 Å². The maximum absolute atomic E-state index is 4.46. The number of rotatable bonds is 2. The van der Waals surface area contributed by atoms with E-state index in [1.54, 1.807) is 0 Å². The molecule has 2 heteroatoms. The highest BCUT2D eigenvalue weighted by molar-refractivity contribution is 5.86. The molecule has 0 saturated heterocycles. The third-order valence-corrected chi connectivity index (χ3v) is 3.85. The first-order valence-electron chi connectivity index (χ1n) is 7.09. The van der Waals surface area contributed by atoms with Gasteiger partial charge in [0.25, 0.3) is 0 Å². The van der Waals surface area contributed by atoms with Crippen LogP contribution < -0.4 is 0 Å². The van der Waals surface area contributed by atoms with Crippen LogP contribution >= 0.6 is 0 Å². The van der Waals surface area contributed by atoms with Gasteiger partial charge in [-0.25, -0.2) is 0 Å². The van der Waals surface area contributed by atoms with Gasteiger partial charge < -0.3 is 0 Å². The summed E-state index contributed by atoms with van der Waals surface area (Å²) in [5.41, 5.74) is 6.29. The van der Waals surface area contributed by atoms with Crippen molar-refractivity contribution in [3.63, 3.8) is 0 Å². The Morgan fingerprint density at radius 2 is 1.75 bits per heavy atom. The highest BCUT2D eigenvalue weighted by Crippen LogP contribution is 2.29. The van der Waals surface area contributed by atoms with Crippen LogP contribution in [0.1, 0.15) is 30.9 Å². The Labute approximate surface area is 120 Å². The van der Waals surface area contributed by atoms with Gasteiger partial charge in [0.15, 0.2) is 0 Å². The van der Waals surface area contributed by atoms with Gasteiger partial charge in [-0.3, -0.25) is 4.68 Å². The van der Waals surface area contributed by atoms with Gasteiger partial charge in [-0.1, -0.05) is 38.1 Å². The first-order chi connectivity index (χ1) is 9.54. The molecule has 1 aromatic heterocycles. The Hall–Kier alpha value is -2.09. The molecule has 102 valence electrons. The summed E-state index contributed by atoms with van der Waals surface area (Å²) in [4.78, 5) is 0. The number of fused-ring (bicyclic) bond motifs is 1. The summed E-state index contributed by atoms with van der Waals surface area (Å²) in [6.45, 7) is 6.60. The van der Waals surface area contributed by atoms with Crippen molar-refractivity contribution in [3.05, 3.63) is 53.7 Å². The molecule has 0 saturated carbocycles. The van der Waals surface area contributed by atoms with E-state index in [9.17, 15) is 0 Å². The van der Waals surface area contributed by atoms with Crippen LogP contribution in [0.2, 0.25) is 0 Å². The van der Waals surface area contributed by atoms with E-state index < -0.39 is 0 Å². The Bertz CT molecular complexity index is 749. The van der Waals surface area contributed by atoms with E-state index in [-0.39, 0.29) is 0 Å². The zero-order valence-corrected chi connectivity index (χ0v) is 12.5. The molecule has 0 N–H and O–H groups in total. The second-order valence-electron chi connectivity index (χ2n) is 5.81. The third kappa shape index (κ3) is 2.22. The van der Waals surface area contributed by atoms with Crippen LogP contribution in [0.15, 0.2) is 42.6 Å². The van der Waals surface area contributed by atoms with E-state index in [0.29, 0.717) is 5.92 Å². The van der Waals surface area contributed by atoms with E-state index in [1.807, 2.05) is 11.7 Å². The summed E-state index contributed by atoms with van der Waals surface area (Å²) in [5, 5.41) is 5.66. The van der Waals surface area contributed by atoms with Crippen molar-refractivity contribution in [2.45, 2.75) is 26.7 Å². The molecule has 0 aliphatic carbocycles. The fraction of sp³-hybridized carbons (Fsp3) is 0.278. The van der Waals surface area contributed by atoms with Crippen molar-refractivity contribution in [2.75, 3.05) is 0 Å². The van der Waals surface area contributed by atoms with Gasteiger partial charge in [-0.05, 0) is 47.2 Å². The molecule has 3 rings (SSSR count). The molecule has 2 nitrogen and oxygen atoms in total. The SMILES string of the molecule is Cc1cc2nn(C)cc2cc1-c1ccc(C(C)C)cc1. The predicted octanol–water partition coefficient (Wildman–Crippen LogP) is 4.67. The van der Waals surface area contributed by atoms with Crippen LogP contribution in [0.25, 0.3) is 22.0 Å². The maximum atomic E-state index is 4.46. The molecule has 0 amide bonds. The smallest absolute Gasteiger partial charge is 0.0926 e. The van der Waals surface area contributed by atoms with E-state index in [2.05, 4.69) is 68.5 Å². The lowest BCUT2D eigenvalue weighted by molar-refractivity contribution is 0.779. The molecule has 0 fully saturated rings. The number of benzene rings is 2. The minimum Gasteiger partial charge on any atom is -0.275 e. The summed E-state index contributed by atoms with van der Waals surface area (Å²) < 4.78 is 1.87. The van der Waals surface area contributed by atoms with Crippen molar-refractivity contribution in [1.29, 1.82) is 0 Å².